The van der Waals surface area contributed by atoms with Gasteiger partial charge in [-0.05, 0) is 54.1 Å². The molecule has 5 nitrogen and oxygen atoms in total. The fourth-order valence-corrected chi connectivity index (χ4v) is 3.35. The number of benzene rings is 3. The van der Waals surface area contributed by atoms with E-state index < -0.39 is 6.17 Å². The number of nitrogens with one attached hydrogen (secondary N) is 1. The number of fused-ring (bicyclic) bond motifs is 1. The number of carbonyl (C=O) groups excluding carboxylic acids is 1. The summed E-state index contributed by atoms with van der Waals surface area (Å²) >= 11 is 6.02. The monoisotopic (exact) mass is 380 g/mol. The molecule has 0 radical (unpaired) electrons. The van der Waals surface area contributed by atoms with E-state index in [4.69, 9.17) is 16.3 Å². The molecule has 4 rings (SSSR count). The van der Waals surface area contributed by atoms with Crippen LogP contribution in [0.25, 0.3) is 0 Å². The van der Waals surface area contributed by atoms with Gasteiger partial charge in [-0.1, -0.05) is 29.8 Å². The topological polar surface area (TPSA) is 61.8 Å². The van der Waals surface area contributed by atoms with Crippen LogP contribution >= 0.6 is 11.6 Å². The Balaban J connectivity index is 1.86. The van der Waals surface area contributed by atoms with E-state index in [2.05, 4.69) is 5.32 Å². The number of hydrogen-bond acceptors (Lipinski definition) is 4. The summed E-state index contributed by atoms with van der Waals surface area (Å²) in [6.07, 6.45) is -0.469. The highest BCUT2D eigenvalue weighted by atomic mass is 35.5. The smallest absolute Gasteiger partial charge is 0.262 e. The second-order valence-corrected chi connectivity index (χ2v) is 6.61. The summed E-state index contributed by atoms with van der Waals surface area (Å²) in [5.41, 5.74) is 2.84. The molecule has 6 heteroatoms. The van der Waals surface area contributed by atoms with E-state index >= 15 is 0 Å². The number of phenols is 1. The predicted molar refractivity (Wildman–Crippen MR) is 106 cm³/mol. The first-order valence-electron chi connectivity index (χ1n) is 8.40. The number of carbonyl (C=O) groups is 1. The van der Waals surface area contributed by atoms with Crippen LogP contribution in [0.5, 0.6) is 11.5 Å². The summed E-state index contributed by atoms with van der Waals surface area (Å²) in [7, 11) is 1.49. The Morgan fingerprint density at radius 2 is 1.81 bits per heavy atom. The Labute approximate surface area is 161 Å². The third kappa shape index (κ3) is 3.06. The minimum atomic E-state index is -0.469. The van der Waals surface area contributed by atoms with Crippen LogP contribution in [0, 0.1) is 0 Å². The molecule has 0 spiro atoms. The summed E-state index contributed by atoms with van der Waals surface area (Å²) in [4.78, 5) is 15.0. The number of methoxy groups -OCH3 is 1. The molecule has 1 unspecified atom stereocenters. The minimum absolute atomic E-state index is 0.0434. The van der Waals surface area contributed by atoms with Gasteiger partial charge in [0.05, 0.1) is 12.7 Å². The highest BCUT2D eigenvalue weighted by molar-refractivity contribution is 6.30. The molecule has 1 amide bonds. The van der Waals surface area contributed by atoms with E-state index in [1.54, 1.807) is 53.4 Å². The number of hydrogen-bond donors (Lipinski definition) is 2. The zero-order chi connectivity index (χ0) is 19.0. The van der Waals surface area contributed by atoms with Crippen molar-refractivity contribution < 1.29 is 14.6 Å². The van der Waals surface area contributed by atoms with Crippen LogP contribution in [-0.2, 0) is 0 Å². The van der Waals surface area contributed by atoms with E-state index in [-0.39, 0.29) is 11.7 Å². The van der Waals surface area contributed by atoms with Crippen molar-refractivity contribution in [3.8, 4) is 11.5 Å². The van der Waals surface area contributed by atoms with Crippen molar-refractivity contribution in [3.05, 3.63) is 82.9 Å². The van der Waals surface area contributed by atoms with Crippen LogP contribution in [0.3, 0.4) is 0 Å². The van der Waals surface area contributed by atoms with Crippen molar-refractivity contribution in [3.63, 3.8) is 0 Å². The van der Waals surface area contributed by atoms with Crippen LogP contribution in [0.2, 0.25) is 5.02 Å². The van der Waals surface area contributed by atoms with Gasteiger partial charge in [0.25, 0.3) is 5.91 Å². The van der Waals surface area contributed by atoms with Crippen LogP contribution in [0.4, 0.5) is 11.4 Å². The number of rotatable bonds is 3. The van der Waals surface area contributed by atoms with Crippen LogP contribution in [0.15, 0.2) is 66.7 Å². The van der Waals surface area contributed by atoms with E-state index in [1.165, 1.54) is 7.11 Å². The van der Waals surface area contributed by atoms with Crippen molar-refractivity contribution in [2.45, 2.75) is 6.17 Å². The molecule has 3 aromatic rings. The first-order valence-corrected chi connectivity index (χ1v) is 8.78. The highest BCUT2D eigenvalue weighted by Crippen LogP contribution is 2.39. The maximum Gasteiger partial charge on any atom is 0.262 e. The Hall–Kier alpha value is -3.18. The lowest BCUT2D eigenvalue weighted by Crippen LogP contribution is -2.43. The molecule has 1 heterocycles. The van der Waals surface area contributed by atoms with Crippen molar-refractivity contribution >= 4 is 28.9 Å². The standard InChI is InChI=1S/C21H17ClN2O3/c1-27-19-12-13(6-11-18(19)25)20-23-17-5-3-2-4-16(17)21(26)24(20)15-9-7-14(22)8-10-15/h2-12,20,23,25H,1H3. The predicted octanol–water partition coefficient (Wildman–Crippen LogP) is 4.83. The summed E-state index contributed by atoms with van der Waals surface area (Å²) in [5, 5.41) is 13.9. The number of phenolic OH excluding ortho intramolecular Hbond substituents is 1. The largest absolute Gasteiger partial charge is 0.504 e. The Kier molecular flexibility index (Phi) is 4.38. The zero-order valence-electron chi connectivity index (χ0n) is 14.5. The fourth-order valence-electron chi connectivity index (χ4n) is 3.22. The second kappa shape index (κ2) is 6.85. The number of para-hydroxylation sites is 1. The molecule has 0 aromatic heterocycles. The van der Waals surface area contributed by atoms with Gasteiger partial charge in [-0.25, -0.2) is 0 Å². The summed E-state index contributed by atoms with van der Waals surface area (Å²) in [6.45, 7) is 0. The average molecular weight is 381 g/mol. The SMILES string of the molecule is COc1cc(C2Nc3ccccc3C(=O)N2c2ccc(Cl)cc2)ccc1O. The molecular formula is C21H17ClN2O3. The number of aromatic hydroxyl groups is 1. The molecule has 1 aliphatic rings. The molecule has 0 saturated heterocycles. The van der Waals surface area contributed by atoms with Crippen molar-refractivity contribution in [2.75, 3.05) is 17.3 Å². The van der Waals surface area contributed by atoms with Gasteiger partial charge in [0.15, 0.2) is 11.5 Å². The van der Waals surface area contributed by atoms with E-state index in [0.29, 0.717) is 22.0 Å². The van der Waals surface area contributed by atoms with E-state index in [0.717, 1.165) is 11.3 Å². The van der Waals surface area contributed by atoms with Crippen LogP contribution in [-0.4, -0.2) is 18.1 Å². The van der Waals surface area contributed by atoms with Gasteiger partial charge in [-0.2, -0.15) is 0 Å². The quantitative estimate of drug-likeness (QED) is 0.683. The third-order valence-corrected chi connectivity index (χ3v) is 4.80. The number of anilines is 2. The third-order valence-electron chi connectivity index (χ3n) is 4.55. The molecule has 0 aliphatic carbocycles. The van der Waals surface area contributed by atoms with Crippen LogP contribution < -0.4 is 15.0 Å². The summed E-state index contributed by atoms with van der Waals surface area (Å²) in [5.74, 6) is 0.266. The van der Waals surface area contributed by atoms with E-state index in [9.17, 15) is 9.90 Å². The molecule has 3 aromatic carbocycles. The average Bonchev–Trinajstić information content (AvgIpc) is 2.69. The van der Waals surface area contributed by atoms with Gasteiger partial charge in [0.1, 0.15) is 6.17 Å². The first kappa shape index (κ1) is 17.2. The Morgan fingerprint density at radius 1 is 1.07 bits per heavy atom. The van der Waals surface area contributed by atoms with Gasteiger partial charge in [0.2, 0.25) is 0 Å². The number of nitrogens with zero attached hydrogens (tertiary/aromatic N) is 1. The minimum Gasteiger partial charge on any atom is -0.504 e. The molecule has 2 N–H and O–H groups in total. The van der Waals surface area contributed by atoms with Gasteiger partial charge < -0.3 is 15.2 Å². The van der Waals surface area contributed by atoms with Crippen molar-refractivity contribution in [1.29, 1.82) is 0 Å². The molecule has 1 aliphatic heterocycles. The lowest BCUT2D eigenvalue weighted by atomic mass is 10.0. The zero-order valence-corrected chi connectivity index (χ0v) is 15.3. The number of amides is 1. The Bertz CT molecular complexity index is 1000. The lowest BCUT2D eigenvalue weighted by molar-refractivity contribution is 0.0975. The van der Waals surface area contributed by atoms with Gasteiger partial charge in [-0.15, -0.1) is 0 Å². The maximum absolute atomic E-state index is 13.3. The number of halogens is 1. The van der Waals surface area contributed by atoms with Gasteiger partial charge >= 0.3 is 0 Å². The molecule has 0 bridgehead atoms. The number of ether oxygens (including phenoxy) is 1. The molecule has 136 valence electrons. The lowest BCUT2D eigenvalue weighted by Gasteiger charge is -2.38. The molecule has 1 atom stereocenters. The van der Waals surface area contributed by atoms with Crippen LogP contribution in [0.1, 0.15) is 22.1 Å². The van der Waals surface area contributed by atoms with E-state index in [1.807, 2.05) is 18.2 Å². The summed E-state index contributed by atoms with van der Waals surface area (Å²) in [6, 6.07) is 19.5. The normalized spacial score (nSPS) is 15.9. The molecule has 0 fully saturated rings. The highest BCUT2D eigenvalue weighted by Gasteiger charge is 2.34. The fraction of sp³-hybridized carbons (Fsp3) is 0.0952. The Morgan fingerprint density at radius 3 is 2.56 bits per heavy atom. The molecule has 27 heavy (non-hydrogen) atoms. The molecule has 0 saturated carbocycles. The van der Waals surface area contributed by atoms with Gasteiger partial charge in [0, 0.05) is 16.4 Å². The summed E-state index contributed by atoms with van der Waals surface area (Å²) < 4.78 is 5.23. The molecular weight excluding hydrogens is 364 g/mol. The second-order valence-electron chi connectivity index (χ2n) is 6.18. The maximum atomic E-state index is 13.3. The van der Waals surface area contributed by atoms with Gasteiger partial charge in [-0.3, -0.25) is 9.69 Å². The van der Waals surface area contributed by atoms with Crippen molar-refractivity contribution in [2.24, 2.45) is 0 Å². The van der Waals surface area contributed by atoms with Crippen molar-refractivity contribution in [1.82, 2.24) is 0 Å². The first-order chi connectivity index (χ1) is 13.1.